The zero-order chi connectivity index (χ0) is 17.8. The SMILES string of the molecule is [O-][S+]1Nc2ccc(OCCN3CCC(Cc4ccccc4)CC3)cc2N1. The lowest BCUT2D eigenvalue weighted by molar-refractivity contribution is 0.155. The Balaban J connectivity index is 1.18. The van der Waals surface area contributed by atoms with Gasteiger partial charge in [-0.25, -0.2) is 0 Å². The summed E-state index contributed by atoms with van der Waals surface area (Å²) in [5.41, 5.74) is 3.15. The van der Waals surface area contributed by atoms with Crippen molar-refractivity contribution in [3.05, 3.63) is 54.1 Å². The minimum Gasteiger partial charge on any atom is -0.568 e. The molecule has 0 aromatic heterocycles. The first kappa shape index (κ1) is 17.5. The van der Waals surface area contributed by atoms with Crippen molar-refractivity contribution >= 4 is 22.9 Å². The van der Waals surface area contributed by atoms with Gasteiger partial charge in [-0.3, -0.25) is 4.90 Å². The van der Waals surface area contributed by atoms with E-state index in [-0.39, 0.29) is 0 Å². The highest BCUT2D eigenvalue weighted by atomic mass is 32.2. The predicted molar refractivity (Wildman–Crippen MR) is 107 cm³/mol. The first-order valence-electron chi connectivity index (χ1n) is 9.24. The summed E-state index contributed by atoms with van der Waals surface area (Å²) in [5, 5.41) is 0. The Kier molecular flexibility index (Phi) is 5.53. The van der Waals surface area contributed by atoms with Gasteiger partial charge in [-0.2, -0.15) is 9.44 Å². The number of nitrogens with zero attached hydrogens (tertiary/aromatic N) is 1. The number of benzene rings is 2. The summed E-state index contributed by atoms with van der Waals surface area (Å²) in [6.45, 7) is 3.93. The molecule has 1 fully saturated rings. The molecule has 1 saturated heterocycles. The van der Waals surface area contributed by atoms with Gasteiger partial charge in [0.2, 0.25) is 0 Å². The molecule has 1 unspecified atom stereocenters. The molecule has 1 atom stereocenters. The highest BCUT2D eigenvalue weighted by Crippen LogP contribution is 2.33. The highest BCUT2D eigenvalue weighted by molar-refractivity contribution is 7.94. The normalized spacial score (nSPS) is 20.3. The van der Waals surface area contributed by atoms with E-state index in [9.17, 15) is 4.55 Å². The number of rotatable bonds is 6. The van der Waals surface area contributed by atoms with E-state index in [0.29, 0.717) is 6.61 Å². The van der Waals surface area contributed by atoms with E-state index in [1.165, 1.54) is 24.8 Å². The number of fused-ring (bicyclic) bond motifs is 1. The molecule has 2 N–H and O–H groups in total. The maximum Gasteiger partial charge on any atom is 0.192 e. The molecule has 2 aliphatic heterocycles. The number of likely N-dealkylation sites (tertiary alicyclic amines) is 1. The number of hydrogen-bond acceptors (Lipinski definition) is 5. The van der Waals surface area contributed by atoms with Crippen molar-refractivity contribution in [1.29, 1.82) is 0 Å². The molecule has 0 radical (unpaired) electrons. The number of nitrogens with one attached hydrogen (secondary N) is 2. The van der Waals surface area contributed by atoms with E-state index in [4.69, 9.17) is 4.74 Å². The van der Waals surface area contributed by atoms with Crippen molar-refractivity contribution < 1.29 is 9.29 Å². The van der Waals surface area contributed by atoms with Crippen LogP contribution in [0.5, 0.6) is 5.75 Å². The lowest BCUT2D eigenvalue weighted by Crippen LogP contribution is -2.37. The molecule has 0 bridgehead atoms. The van der Waals surface area contributed by atoms with Crippen LogP contribution in [-0.2, 0) is 18.0 Å². The molecular weight excluding hydrogens is 346 g/mol. The zero-order valence-corrected chi connectivity index (χ0v) is 15.6. The molecule has 2 aromatic rings. The quantitative estimate of drug-likeness (QED) is 0.762. The van der Waals surface area contributed by atoms with Crippen molar-refractivity contribution in [2.75, 3.05) is 35.7 Å². The summed E-state index contributed by atoms with van der Waals surface area (Å²) < 4.78 is 23.0. The molecule has 0 amide bonds. The van der Waals surface area contributed by atoms with Gasteiger partial charge in [0, 0.05) is 12.6 Å². The van der Waals surface area contributed by atoms with Gasteiger partial charge in [-0.05, 0) is 56.0 Å². The Morgan fingerprint density at radius 2 is 1.81 bits per heavy atom. The fourth-order valence-corrected chi connectivity index (χ4v) is 4.46. The molecular formula is C20H25N3O2S. The molecule has 0 saturated carbocycles. The molecule has 5 nitrogen and oxygen atoms in total. The third-order valence-corrected chi connectivity index (χ3v) is 5.96. The summed E-state index contributed by atoms with van der Waals surface area (Å²) in [4.78, 5) is 2.49. The van der Waals surface area contributed by atoms with Crippen molar-refractivity contribution in [3.63, 3.8) is 0 Å². The van der Waals surface area contributed by atoms with E-state index < -0.39 is 11.5 Å². The van der Waals surface area contributed by atoms with Crippen molar-refractivity contribution in [1.82, 2.24) is 4.90 Å². The fourth-order valence-electron chi connectivity index (χ4n) is 3.67. The standard InChI is InChI=1S/C20H25N3O2S/c24-26-21-19-7-6-18(15-20(19)22-26)25-13-12-23-10-8-17(9-11-23)14-16-4-2-1-3-5-16/h1-7,15,17,21-22H,8-14H2. The van der Waals surface area contributed by atoms with Crippen LogP contribution in [0.1, 0.15) is 18.4 Å². The Labute approximate surface area is 158 Å². The molecule has 2 heterocycles. The first-order chi connectivity index (χ1) is 12.8. The predicted octanol–water partition coefficient (Wildman–Crippen LogP) is 3.44. The van der Waals surface area contributed by atoms with Crippen molar-refractivity contribution in [2.45, 2.75) is 19.3 Å². The summed E-state index contributed by atoms with van der Waals surface area (Å²) in [6, 6.07) is 16.5. The maximum absolute atomic E-state index is 11.4. The van der Waals surface area contributed by atoms with Gasteiger partial charge in [-0.1, -0.05) is 30.3 Å². The fraction of sp³-hybridized carbons (Fsp3) is 0.400. The van der Waals surface area contributed by atoms with E-state index in [0.717, 1.165) is 42.7 Å². The van der Waals surface area contributed by atoms with Crippen LogP contribution < -0.4 is 14.2 Å². The van der Waals surface area contributed by atoms with Crippen molar-refractivity contribution in [3.8, 4) is 5.75 Å². The van der Waals surface area contributed by atoms with Crippen LogP contribution in [0.4, 0.5) is 11.4 Å². The zero-order valence-electron chi connectivity index (χ0n) is 14.8. The first-order valence-corrected chi connectivity index (χ1v) is 10.4. The summed E-state index contributed by atoms with van der Waals surface area (Å²) in [5.74, 6) is 1.61. The molecule has 26 heavy (non-hydrogen) atoms. The van der Waals surface area contributed by atoms with Crippen LogP contribution in [0.2, 0.25) is 0 Å². The minimum atomic E-state index is -1.22. The highest BCUT2D eigenvalue weighted by Gasteiger charge is 2.22. The molecule has 2 aromatic carbocycles. The largest absolute Gasteiger partial charge is 0.568 e. The molecule has 6 heteroatoms. The van der Waals surface area contributed by atoms with Crippen molar-refractivity contribution in [2.24, 2.45) is 5.92 Å². The average molecular weight is 372 g/mol. The van der Waals surface area contributed by atoms with Gasteiger partial charge >= 0.3 is 0 Å². The molecule has 0 aliphatic carbocycles. The second-order valence-corrected chi connectivity index (χ2v) is 7.95. The monoisotopic (exact) mass is 371 g/mol. The molecule has 4 rings (SSSR count). The maximum atomic E-state index is 11.4. The second-order valence-electron chi connectivity index (χ2n) is 7.00. The number of piperidine rings is 1. The summed E-state index contributed by atoms with van der Waals surface area (Å²) in [6.07, 6.45) is 3.72. The van der Waals surface area contributed by atoms with E-state index >= 15 is 0 Å². The van der Waals surface area contributed by atoms with Gasteiger partial charge in [0.1, 0.15) is 23.7 Å². The third kappa shape index (κ3) is 4.44. The second kappa shape index (κ2) is 8.20. The van der Waals surface area contributed by atoms with E-state index in [2.05, 4.69) is 44.7 Å². The van der Waals surface area contributed by atoms with Gasteiger partial charge in [0.05, 0.1) is 0 Å². The van der Waals surface area contributed by atoms with Crippen LogP contribution in [0.3, 0.4) is 0 Å². The summed E-state index contributed by atoms with van der Waals surface area (Å²) >= 11 is -1.22. The Hall–Kier alpha value is -1.89. The number of hydrogen-bond donors (Lipinski definition) is 2. The summed E-state index contributed by atoms with van der Waals surface area (Å²) in [7, 11) is 0. The number of anilines is 2. The van der Waals surface area contributed by atoms with E-state index in [1.807, 2.05) is 18.2 Å². The average Bonchev–Trinajstić information content (AvgIpc) is 3.03. The van der Waals surface area contributed by atoms with Crippen LogP contribution >= 0.6 is 0 Å². The topological polar surface area (TPSA) is 59.6 Å². The third-order valence-electron chi connectivity index (χ3n) is 5.15. The van der Waals surface area contributed by atoms with Crippen LogP contribution in [0.25, 0.3) is 0 Å². The van der Waals surface area contributed by atoms with Gasteiger partial charge in [0.25, 0.3) is 0 Å². The Morgan fingerprint density at radius 3 is 2.62 bits per heavy atom. The van der Waals surface area contributed by atoms with Gasteiger partial charge < -0.3 is 9.29 Å². The van der Waals surface area contributed by atoms with E-state index in [1.54, 1.807) is 0 Å². The smallest absolute Gasteiger partial charge is 0.192 e. The lowest BCUT2D eigenvalue weighted by atomic mass is 9.90. The Morgan fingerprint density at radius 1 is 1.04 bits per heavy atom. The number of ether oxygens (including phenoxy) is 1. The lowest BCUT2D eigenvalue weighted by Gasteiger charge is -2.31. The minimum absolute atomic E-state index is 0.679. The molecule has 138 valence electrons. The van der Waals surface area contributed by atoms with Crippen LogP contribution in [0, 0.1) is 5.92 Å². The van der Waals surface area contributed by atoms with Crippen LogP contribution in [0.15, 0.2) is 48.5 Å². The van der Waals surface area contributed by atoms with Gasteiger partial charge in [-0.15, -0.1) is 0 Å². The molecule has 0 spiro atoms. The van der Waals surface area contributed by atoms with Gasteiger partial charge in [0.15, 0.2) is 11.5 Å². The molecule has 2 aliphatic rings. The Bertz CT molecular complexity index is 720. The van der Waals surface area contributed by atoms with Crippen LogP contribution in [-0.4, -0.2) is 35.7 Å².